The van der Waals surface area contributed by atoms with Gasteiger partial charge in [0.2, 0.25) is 0 Å². The zero-order valence-electron chi connectivity index (χ0n) is 9.69. The van der Waals surface area contributed by atoms with Gasteiger partial charge in [-0.1, -0.05) is 6.07 Å². The molecular formula is C12H15N3O2. The Labute approximate surface area is 99.2 Å². The number of methoxy groups -OCH3 is 1. The van der Waals surface area contributed by atoms with E-state index in [2.05, 4.69) is 15.3 Å². The van der Waals surface area contributed by atoms with Crippen LogP contribution < -0.4 is 5.32 Å². The average Bonchev–Trinajstić information content (AvgIpc) is 2.82. The predicted octanol–water partition coefficient (Wildman–Crippen LogP) is 1.33. The van der Waals surface area contributed by atoms with Gasteiger partial charge in [0.25, 0.3) is 5.91 Å². The van der Waals surface area contributed by atoms with Crippen LogP contribution in [-0.4, -0.2) is 36.1 Å². The third-order valence-corrected chi connectivity index (χ3v) is 2.51. The number of aromatic amines is 1. The number of nitrogens with one attached hydrogen (secondary N) is 2. The number of fused-ring (bicyclic) bond motifs is 1. The summed E-state index contributed by atoms with van der Waals surface area (Å²) in [5.41, 5.74) is 2.17. The van der Waals surface area contributed by atoms with Crippen LogP contribution in [0, 0.1) is 0 Å². The Balaban J connectivity index is 2.06. The lowest BCUT2D eigenvalue weighted by Crippen LogP contribution is -2.25. The van der Waals surface area contributed by atoms with E-state index in [-0.39, 0.29) is 5.91 Å². The van der Waals surface area contributed by atoms with Crippen molar-refractivity contribution < 1.29 is 9.53 Å². The molecule has 1 aromatic carbocycles. The number of hydrogen-bond acceptors (Lipinski definition) is 3. The van der Waals surface area contributed by atoms with Gasteiger partial charge >= 0.3 is 0 Å². The third kappa shape index (κ3) is 2.62. The first-order chi connectivity index (χ1) is 8.33. The summed E-state index contributed by atoms with van der Waals surface area (Å²) in [6.07, 6.45) is 2.39. The number of aromatic nitrogens is 2. The smallest absolute Gasteiger partial charge is 0.253 e. The van der Waals surface area contributed by atoms with Crippen LogP contribution in [0.4, 0.5) is 0 Å². The fourth-order valence-electron chi connectivity index (χ4n) is 1.66. The number of para-hydroxylation sites is 1. The van der Waals surface area contributed by atoms with Crippen LogP contribution in [0.1, 0.15) is 16.8 Å². The van der Waals surface area contributed by atoms with Crippen molar-refractivity contribution in [3.63, 3.8) is 0 Å². The molecule has 0 unspecified atom stereocenters. The maximum Gasteiger partial charge on any atom is 0.253 e. The molecule has 90 valence electrons. The highest BCUT2D eigenvalue weighted by atomic mass is 16.5. The van der Waals surface area contributed by atoms with E-state index < -0.39 is 0 Å². The van der Waals surface area contributed by atoms with Gasteiger partial charge in [0, 0.05) is 20.3 Å². The first-order valence-electron chi connectivity index (χ1n) is 5.52. The van der Waals surface area contributed by atoms with Crippen LogP contribution in [0.15, 0.2) is 24.5 Å². The highest BCUT2D eigenvalue weighted by Crippen LogP contribution is 2.14. The molecule has 1 amide bonds. The Morgan fingerprint density at radius 3 is 3.24 bits per heavy atom. The summed E-state index contributed by atoms with van der Waals surface area (Å²) >= 11 is 0. The number of carbonyl (C=O) groups excluding carboxylic acids is 1. The molecular weight excluding hydrogens is 218 g/mol. The predicted molar refractivity (Wildman–Crippen MR) is 64.9 cm³/mol. The quantitative estimate of drug-likeness (QED) is 0.765. The summed E-state index contributed by atoms with van der Waals surface area (Å²) in [4.78, 5) is 19.0. The normalized spacial score (nSPS) is 10.6. The molecule has 0 fully saturated rings. The number of carbonyl (C=O) groups is 1. The molecule has 0 bridgehead atoms. The summed E-state index contributed by atoms with van der Waals surface area (Å²) in [6.45, 7) is 1.25. The first-order valence-corrected chi connectivity index (χ1v) is 5.52. The summed E-state index contributed by atoms with van der Waals surface area (Å²) in [5.74, 6) is -0.0983. The summed E-state index contributed by atoms with van der Waals surface area (Å²) in [5, 5.41) is 2.84. The molecule has 0 spiro atoms. The Kier molecular flexibility index (Phi) is 3.72. The minimum atomic E-state index is -0.0983. The summed E-state index contributed by atoms with van der Waals surface area (Å²) < 4.78 is 4.92. The molecule has 5 heteroatoms. The topological polar surface area (TPSA) is 67.0 Å². The summed E-state index contributed by atoms with van der Waals surface area (Å²) in [7, 11) is 1.65. The fourth-order valence-corrected chi connectivity index (χ4v) is 1.66. The average molecular weight is 233 g/mol. The van der Waals surface area contributed by atoms with Gasteiger partial charge in [0.05, 0.1) is 17.4 Å². The van der Waals surface area contributed by atoms with Crippen molar-refractivity contribution in [1.82, 2.24) is 15.3 Å². The van der Waals surface area contributed by atoms with Crippen molar-refractivity contribution in [2.24, 2.45) is 0 Å². The van der Waals surface area contributed by atoms with E-state index >= 15 is 0 Å². The summed E-state index contributed by atoms with van der Waals surface area (Å²) in [6, 6.07) is 5.50. The Morgan fingerprint density at radius 1 is 1.53 bits per heavy atom. The molecule has 17 heavy (non-hydrogen) atoms. The van der Waals surface area contributed by atoms with Crippen molar-refractivity contribution in [3.8, 4) is 0 Å². The van der Waals surface area contributed by atoms with Crippen molar-refractivity contribution in [1.29, 1.82) is 0 Å². The van der Waals surface area contributed by atoms with Gasteiger partial charge in [-0.2, -0.15) is 0 Å². The van der Waals surface area contributed by atoms with Gasteiger partial charge in [-0.15, -0.1) is 0 Å². The first kappa shape index (κ1) is 11.6. The lowest BCUT2D eigenvalue weighted by atomic mass is 10.1. The lowest BCUT2D eigenvalue weighted by molar-refractivity contribution is 0.0950. The Morgan fingerprint density at radius 2 is 2.41 bits per heavy atom. The van der Waals surface area contributed by atoms with E-state index in [9.17, 15) is 4.79 Å². The molecule has 0 aliphatic carbocycles. The largest absolute Gasteiger partial charge is 0.385 e. The minimum Gasteiger partial charge on any atom is -0.385 e. The minimum absolute atomic E-state index is 0.0983. The number of rotatable bonds is 5. The second kappa shape index (κ2) is 5.45. The van der Waals surface area contributed by atoms with Crippen molar-refractivity contribution >= 4 is 16.9 Å². The molecule has 2 aromatic rings. The van der Waals surface area contributed by atoms with Gasteiger partial charge in [0.1, 0.15) is 5.52 Å². The number of amides is 1. The number of ether oxygens (including phenoxy) is 1. The van der Waals surface area contributed by atoms with E-state index in [1.165, 1.54) is 0 Å². The van der Waals surface area contributed by atoms with Crippen LogP contribution in [-0.2, 0) is 4.74 Å². The number of benzene rings is 1. The van der Waals surface area contributed by atoms with Crippen molar-refractivity contribution in [3.05, 3.63) is 30.1 Å². The van der Waals surface area contributed by atoms with E-state index in [0.717, 1.165) is 11.9 Å². The van der Waals surface area contributed by atoms with Gasteiger partial charge < -0.3 is 15.0 Å². The zero-order valence-corrected chi connectivity index (χ0v) is 9.69. The molecule has 0 aliphatic rings. The van der Waals surface area contributed by atoms with Crippen LogP contribution >= 0.6 is 0 Å². The van der Waals surface area contributed by atoms with Gasteiger partial charge in [0.15, 0.2) is 0 Å². The van der Waals surface area contributed by atoms with E-state index in [1.54, 1.807) is 19.5 Å². The highest BCUT2D eigenvalue weighted by molar-refractivity contribution is 6.04. The standard InChI is InChI=1S/C12H15N3O2/c1-17-7-3-6-13-12(16)9-4-2-5-10-11(9)15-8-14-10/h2,4-5,8H,3,6-7H2,1H3,(H,13,16)(H,14,15). The van der Waals surface area contributed by atoms with E-state index in [4.69, 9.17) is 4.74 Å². The molecule has 0 atom stereocenters. The number of H-pyrrole nitrogens is 1. The molecule has 0 radical (unpaired) electrons. The third-order valence-electron chi connectivity index (χ3n) is 2.51. The number of hydrogen-bond donors (Lipinski definition) is 2. The highest BCUT2D eigenvalue weighted by Gasteiger charge is 2.10. The molecule has 0 saturated heterocycles. The molecule has 2 N–H and O–H groups in total. The molecule has 2 rings (SSSR count). The van der Waals surface area contributed by atoms with Crippen LogP contribution in [0.2, 0.25) is 0 Å². The Hall–Kier alpha value is -1.88. The SMILES string of the molecule is COCCCNC(=O)c1cccc2[nH]cnc12. The van der Waals surface area contributed by atoms with Gasteiger partial charge in [-0.05, 0) is 18.6 Å². The fraction of sp³-hybridized carbons (Fsp3) is 0.333. The second-order valence-corrected chi connectivity index (χ2v) is 3.71. The Bertz CT molecular complexity index is 507. The van der Waals surface area contributed by atoms with Crippen molar-refractivity contribution in [2.75, 3.05) is 20.3 Å². The lowest BCUT2D eigenvalue weighted by Gasteiger charge is -2.05. The van der Waals surface area contributed by atoms with E-state index in [0.29, 0.717) is 24.2 Å². The molecule has 0 aliphatic heterocycles. The second-order valence-electron chi connectivity index (χ2n) is 3.71. The molecule has 1 aromatic heterocycles. The maximum absolute atomic E-state index is 11.9. The zero-order chi connectivity index (χ0) is 12.1. The van der Waals surface area contributed by atoms with Gasteiger partial charge in [-0.25, -0.2) is 4.98 Å². The maximum atomic E-state index is 11.9. The van der Waals surface area contributed by atoms with Gasteiger partial charge in [-0.3, -0.25) is 4.79 Å². The number of nitrogens with zero attached hydrogens (tertiary/aromatic N) is 1. The van der Waals surface area contributed by atoms with Crippen LogP contribution in [0.5, 0.6) is 0 Å². The monoisotopic (exact) mass is 233 g/mol. The molecule has 5 nitrogen and oxygen atoms in total. The number of imidazole rings is 1. The van der Waals surface area contributed by atoms with E-state index in [1.807, 2.05) is 12.1 Å². The molecule has 0 saturated carbocycles. The van der Waals surface area contributed by atoms with Crippen LogP contribution in [0.3, 0.4) is 0 Å². The molecule has 1 heterocycles. The van der Waals surface area contributed by atoms with Crippen molar-refractivity contribution in [2.45, 2.75) is 6.42 Å². The van der Waals surface area contributed by atoms with Crippen LogP contribution in [0.25, 0.3) is 11.0 Å².